The molecule has 0 aliphatic rings. The van der Waals surface area contributed by atoms with Crippen LogP contribution in [-0.2, 0) is 11.3 Å². The molecule has 2 atom stereocenters. The topological polar surface area (TPSA) is 62.0 Å². The molecule has 0 bridgehead atoms. The molecule has 2 N–H and O–H groups in total. The maximum absolute atomic E-state index is 12.5. The van der Waals surface area contributed by atoms with Gasteiger partial charge in [0, 0.05) is 11.1 Å². The van der Waals surface area contributed by atoms with Crippen LogP contribution in [0.1, 0.15) is 37.4 Å². The minimum absolute atomic E-state index is 0.00241. The number of nitrogens with one attached hydrogen (secondary N) is 2. The number of H-pyrrole nitrogens is 1. The van der Waals surface area contributed by atoms with Crippen LogP contribution in [0.15, 0.2) is 40.5 Å². The van der Waals surface area contributed by atoms with E-state index in [1.807, 2.05) is 30.3 Å². The minimum Gasteiger partial charge on any atom is -0.350 e. The third-order valence-electron chi connectivity index (χ3n) is 3.68. The van der Waals surface area contributed by atoms with Crippen LogP contribution in [0.5, 0.6) is 0 Å². The molecule has 4 nitrogen and oxygen atoms in total. The molecule has 1 amide bonds. The molecule has 0 aliphatic carbocycles. The average molecular weight is 304 g/mol. The van der Waals surface area contributed by atoms with Crippen molar-refractivity contribution in [2.75, 3.05) is 0 Å². The summed E-state index contributed by atoms with van der Waals surface area (Å²) in [6.07, 6.45) is 0.933. The van der Waals surface area contributed by atoms with Gasteiger partial charge in [-0.1, -0.05) is 61.9 Å². The molecule has 1 heterocycles. The quantitative estimate of drug-likeness (QED) is 0.862. The highest BCUT2D eigenvalue weighted by molar-refractivity contribution is 7.07. The summed E-state index contributed by atoms with van der Waals surface area (Å²) in [5.41, 5.74) is 1.78. The Morgan fingerprint density at radius 1 is 1.33 bits per heavy atom. The maximum Gasteiger partial charge on any atom is 0.304 e. The lowest BCUT2D eigenvalue weighted by molar-refractivity contribution is -0.123. The average Bonchev–Trinajstić information content (AvgIpc) is 2.92. The standard InChI is InChI=1S/C16H20N2O2S/c1-3-11(2)14(12-7-5-4-6-8-12)15(19)17-9-13-10-21-16(20)18-13/h4-8,10-11,14H,3,9H2,1-2H3,(H,17,19)(H,18,20)/t11-,14-/m0/s1. The Bertz CT molecular complexity index is 633. The monoisotopic (exact) mass is 304 g/mol. The lowest BCUT2D eigenvalue weighted by Gasteiger charge is -2.22. The van der Waals surface area contributed by atoms with Crippen LogP contribution in [-0.4, -0.2) is 10.9 Å². The van der Waals surface area contributed by atoms with E-state index in [1.54, 1.807) is 5.38 Å². The van der Waals surface area contributed by atoms with E-state index in [0.29, 0.717) is 6.54 Å². The van der Waals surface area contributed by atoms with Gasteiger partial charge in [-0.15, -0.1) is 0 Å². The van der Waals surface area contributed by atoms with Gasteiger partial charge in [-0.25, -0.2) is 0 Å². The summed E-state index contributed by atoms with van der Waals surface area (Å²) in [7, 11) is 0. The van der Waals surface area contributed by atoms with Crippen molar-refractivity contribution in [3.63, 3.8) is 0 Å². The summed E-state index contributed by atoms with van der Waals surface area (Å²) >= 11 is 1.11. The highest BCUT2D eigenvalue weighted by Crippen LogP contribution is 2.27. The maximum atomic E-state index is 12.5. The lowest BCUT2D eigenvalue weighted by Crippen LogP contribution is -2.32. The first kappa shape index (κ1) is 15.5. The van der Waals surface area contributed by atoms with Crippen molar-refractivity contribution < 1.29 is 4.79 Å². The fraction of sp³-hybridized carbons (Fsp3) is 0.375. The number of hydrogen-bond donors (Lipinski definition) is 2. The Morgan fingerprint density at radius 3 is 2.62 bits per heavy atom. The summed E-state index contributed by atoms with van der Waals surface area (Å²) in [6.45, 7) is 4.53. The number of aromatic amines is 1. The SMILES string of the molecule is CC[C@H](C)[C@H](C(=O)NCc1csc(=O)[nH]1)c1ccccc1. The van der Waals surface area contributed by atoms with Crippen molar-refractivity contribution in [2.45, 2.75) is 32.7 Å². The predicted molar refractivity (Wildman–Crippen MR) is 85.4 cm³/mol. The van der Waals surface area contributed by atoms with Gasteiger partial charge in [0.15, 0.2) is 0 Å². The molecular formula is C16H20N2O2S. The van der Waals surface area contributed by atoms with Crippen LogP contribution in [0.4, 0.5) is 0 Å². The molecule has 2 aromatic rings. The molecule has 0 radical (unpaired) electrons. The summed E-state index contributed by atoms with van der Waals surface area (Å²) < 4.78 is 0. The molecule has 0 aliphatic heterocycles. The van der Waals surface area contributed by atoms with E-state index in [2.05, 4.69) is 24.1 Å². The van der Waals surface area contributed by atoms with Gasteiger partial charge in [0.2, 0.25) is 5.91 Å². The zero-order chi connectivity index (χ0) is 15.2. The predicted octanol–water partition coefficient (Wildman–Crippen LogP) is 2.88. The van der Waals surface area contributed by atoms with E-state index in [4.69, 9.17) is 0 Å². The van der Waals surface area contributed by atoms with E-state index in [0.717, 1.165) is 29.0 Å². The van der Waals surface area contributed by atoms with Crippen molar-refractivity contribution in [2.24, 2.45) is 5.92 Å². The van der Waals surface area contributed by atoms with Gasteiger partial charge >= 0.3 is 4.87 Å². The van der Waals surface area contributed by atoms with Crippen molar-refractivity contribution in [1.82, 2.24) is 10.3 Å². The summed E-state index contributed by atoms with van der Waals surface area (Å²) in [5, 5.41) is 4.66. The molecule has 0 saturated heterocycles. The minimum atomic E-state index is -0.165. The first-order valence-corrected chi connectivity index (χ1v) is 7.99. The van der Waals surface area contributed by atoms with Crippen molar-refractivity contribution >= 4 is 17.2 Å². The second-order valence-corrected chi connectivity index (χ2v) is 6.01. The molecule has 21 heavy (non-hydrogen) atoms. The van der Waals surface area contributed by atoms with Gasteiger partial charge < -0.3 is 10.3 Å². The van der Waals surface area contributed by atoms with Crippen LogP contribution in [0.2, 0.25) is 0 Å². The highest BCUT2D eigenvalue weighted by atomic mass is 32.1. The second-order valence-electron chi connectivity index (χ2n) is 5.17. The van der Waals surface area contributed by atoms with E-state index < -0.39 is 0 Å². The largest absolute Gasteiger partial charge is 0.350 e. The molecule has 5 heteroatoms. The molecule has 0 saturated carbocycles. The zero-order valence-electron chi connectivity index (χ0n) is 12.3. The van der Waals surface area contributed by atoms with Gasteiger partial charge in [0.05, 0.1) is 12.5 Å². The van der Waals surface area contributed by atoms with E-state index >= 15 is 0 Å². The third-order valence-corrected chi connectivity index (χ3v) is 4.40. The molecule has 1 aromatic carbocycles. The summed E-state index contributed by atoms with van der Waals surface area (Å²) in [5.74, 6) is 0.0954. The lowest BCUT2D eigenvalue weighted by atomic mass is 9.85. The van der Waals surface area contributed by atoms with Crippen LogP contribution >= 0.6 is 11.3 Å². The van der Waals surface area contributed by atoms with Crippen LogP contribution in [0.3, 0.4) is 0 Å². The number of rotatable bonds is 6. The number of aromatic nitrogens is 1. The molecule has 2 rings (SSSR count). The summed E-state index contributed by atoms with van der Waals surface area (Å²) in [6, 6.07) is 9.83. The van der Waals surface area contributed by atoms with Crippen LogP contribution in [0.25, 0.3) is 0 Å². The number of hydrogen-bond acceptors (Lipinski definition) is 3. The van der Waals surface area contributed by atoms with E-state index in [1.165, 1.54) is 0 Å². The third kappa shape index (κ3) is 4.04. The molecule has 1 aromatic heterocycles. The van der Waals surface area contributed by atoms with Gasteiger partial charge in [-0.3, -0.25) is 9.59 Å². The number of amides is 1. The van der Waals surface area contributed by atoms with E-state index in [-0.39, 0.29) is 22.6 Å². The molecule has 0 fully saturated rings. The van der Waals surface area contributed by atoms with E-state index in [9.17, 15) is 9.59 Å². The van der Waals surface area contributed by atoms with Crippen molar-refractivity contribution in [3.05, 3.63) is 56.6 Å². The molecule has 0 unspecified atom stereocenters. The first-order valence-electron chi connectivity index (χ1n) is 7.11. The Hall–Kier alpha value is -1.88. The van der Waals surface area contributed by atoms with Gasteiger partial charge in [-0.2, -0.15) is 0 Å². The summed E-state index contributed by atoms with van der Waals surface area (Å²) in [4.78, 5) is 26.2. The highest BCUT2D eigenvalue weighted by Gasteiger charge is 2.25. The zero-order valence-corrected chi connectivity index (χ0v) is 13.1. The number of carbonyl (C=O) groups is 1. The van der Waals surface area contributed by atoms with Gasteiger partial charge in [0.25, 0.3) is 0 Å². The Labute approximate surface area is 128 Å². The Balaban J connectivity index is 2.09. The number of carbonyl (C=O) groups excluding carboxylic acids is 1. The Morgan fingerprint density at radius 2 is 2.05 bits per heavy atom. The first-order chi connectivity index (χ1) is 10.1. The van der Waals surface area contributed by atoms with Gasteiger partial charge in [-0.05, 0) is 11.5 Å². The number of benzene rings is 1. The van der Waals surface area contributed by atoms with Crippen molar-refractivity contribution in [1.29, 1.82) is 0 Å². The van der Waals surface area contributed by atoms with Gasteiger partial charge in [0.1, 0.15) is 0 Å². The fourth-order valence-corrected chi connectivity index (χ4v) is 2.91. The normalized spacial score (nSPS) is 13.6. The fourth-order valence-electron chi connectivity index (χ4n) is 2.33. The van der Waals surface area contributed by atoms with Crippen molar-refractivity contribution in [3.8, 4) is 0 Å². The van der Waals surface area contributed by atoms with Crippen LogP contribution in [0, 0.1) is 5.92 Å². The number of thiazole rings is 1. The molecule has 0 spiro atoms. The van der Waals surface area contributed by atoms with Crippen LogP contribution < -0.4 is 10.2 Å². The second kappa shape index (κ2) is 7.22. The Kier molecular flexibility index (Phi) is 5.33. The molecular weight excluding hydrogens is 284 g/mol. The molecule has 112 valence electrons. The smallest absolute Gasteiger partial charge is 0.304 e.